The Morgan fingerprint density at radius 3 is 2.80 bits per heavy atom. The third-order valence-electron chi connectivity index (χ3n) is 5.45. The second-order valence-corrected chi connectivity index (χ2v) is 7.41. The molecule has 0 bridgehead atoms. The number of fused-ring (bicyclic) bond motifs is 1. The maximum absolute atomic E-state index is 12.0. The summed E-state index contributed by atoms with van der Waals surface area (Å²) in [5.41, 5.74) is 1.49. The highest BCUT2D eigenvalue weighted by molar-refractivity contribution is 5.83. The van der Waals surface area contributed by atoms with Crippen LogP contribution in [-0.2, 0) is 6.42 Å². The highest BCUT2D eigenvalue weighted by Gasteiger charge is 2.32. The van der Waals surface area contributed by atoms with Crippen molar-refractivity contribution in [2.45, 2.75) is 51.0 Å². The van der Waals surface area contributed by atoms with E-state index in [0.717, 1.165) is 24.8 Å². The van der Waals surface area contributed by atoms with Crippen LogP contribution in [-0.4, -0.2) is 34.8 Å². The minimum Gasteiger partial charge on any atom is -0.388 e. The van der Waals surface area contributed by atoms with E-state index < -0.39 is 5.60 Å². The number of amides is 2. The van der Waals surface area contributed by atoms with Crippen molar-refractivity contribution in [3.8, 4) is 0 Å². The third kappa shape index (κ3) is 4.54. The first-order chi connectivity index (χ1) is 12.1. The predicted octanol–water partition coefficient (Wildman–Crippen LogP) is 3.34. The number of hydrogen-bond acceptors (Lipinski definition) is 2. The van der Waals surface area contributed by atoms with Gasteiger partial charge in [-0.2, -0.15) is 0 Å². The van der Waals surface area contributed by atoms with Crippen molar-refractivity contribution in [1.29, 1.82) is 0 Å². The van der Waals surface area contributed by atoms with Gasteiger partial charge in [0, 0.05) is 30.2 Å². The SMILES string of the molecule is CC(O)(CNC(=O)NCCc1c[nH]c2ccccc12)C1CCCCC1. The zero-order chi connectivity index (χ0) is 17.7. The Bertz CT molecular complexity index is 702. The number of rotatable bonds is 6. The average Bonchev–Trinajstić information content (AvgIpc) is 3.04. The van der Waals surface area contributed by atoms with Crippen molar-refractivity contribution in [3.05, 3.63) is 36.0 Å². The molecule has 1 fully saturated rings. The van der Waals surface area contributed by atoms with Crippen molar-refractivity contribution in [2.24, 2.45) is 5.92 Å². The fourth-order valence-electron chi connectivity index (χ4n) is 3.84. The maximum atomic E-state index is 12.0. The molecule has 136 valence electrons. The van der Waals surface area contributed by atoms with Gasteiger partial charge in [-0.15, -0.1) is 0 Å². The van der Waals surface area contributed by atoms with Crippen LogP contribution in [0.4, 0.5) is 4.79 Å². The summed E-state index contributed by atoms with van der Waals surface area (Å²) in [6.07, 6.45) is 8.49. The Morgan fingerprint density at radius 2 is 2.00 bits per heavy atom. The largest absolute Gasteiger partial charge is 0.388 e. The van der Waals surface area contributed by atoms with Crippen LogP contribution in [0.25, 0.3) is 10.9 Å². The zero-order valence-electron chi connectivity index (χ0n) is 15.0. The van der Waals surface area contributed by atoms with Crippen LogP contribution in [0.3, 0.4) is 0 Å². The highest BCUT2D eigenvalue weighted by Crippen LogP contribution is 2.32. The smallest absolute Gasteiger partial charge is 0.314 e. The third-order valence-corrected chi connectivity index (χ3v) is 5.45. The van der Waals surface area contributed by atoms with Gasteiger partial charge in [0.25, 0.3) is 0 Å². The number of aromatic amines is 1. The van der Waals surface area contributed by atoms with Crippen molar-refractivity contribution < 1.29 is 9.90 Å². The van der Waals surface area contributed by atoms with Crippen LogP contribution in [0.2, 0.25) is 0 Å². The lowest BCUT2D eigenvalue weighted by atomic mass is 9.78. The zero-order valence-corrected chi connectivity index (χ0v) is 15.0. The topological polar surface area (TPSA) is 77.2 Å². The molecule has 5 nitrogen and oxygen atoms in total. The van der Waals surface area contributed by atoms with E-state index in [1.54, 1.807) is 0 Å². The molecule has 1 heterocycles. The van der Waals surface area contributed by atoms with E-state index in [4.69, 9.17) is 0 Å². The minimum atomic E-state index is -0.825. The predicted molar refractivity (Wildman–Crippen MR) is 101 cm³/mol. The lowest BCUT2D eigenvalue weighted by Crippen LogP contribution is -2.49. The molecule has 25 heavy (non-hydrogen) atoms. The molecule has 1 saturated carbocycles. The summed E-state index contributed by atoms with van der Waals surface area (Å²) in [6.45, 7) is 2.71. The number of benzene rings is 1. The number of carbonyl (C=O) groups is 1. The number of H-pyrrole nitrogens is 1. The van der Waals surface area contributed by atoms with Gasteiger partial charge in [-0.3, -0.25) is 0 Å². The Balaban J connectivity index is 1.42. The first-order valence-electron chi connectivity index (χ1n) is 9.35. The van der Waals surface area contributed by atoms with Crippen molar-refractivity contribution >= 4 is 16.9 Å². The molecule has 4 N–H and O–H groups in total. The van der Waals surface area contributed by atoms with Gasteiger partial charge >= 0.3 is 6.03 Å². The number of para-hydroxylation sites is 1. The van der Waals surface area contributed by atoms with E-state index >= 15 is 0 Å². The van der Waals surface area contributed by atoms with Gasteiger partial charge in [-0.25, -0.2) is 4.79 Å². The molecule has 2 amide bonds. The molecule has 1 aliphatic carbocycles. The summed E-state index contributed by atoms with van der Waals surface area (Å²) in [7, 11) is 0. The summed E-state index contributed by atoms with van der Waals surface area (Å²) in [5.74, 6) is 0.285. The van der Waals surface area contributed by atoms with Crippen LogP contribution in [0.1, 0.15) is 44.6 Å². The van der Waals surface area contributed by atoms with Crippen LogP contribution >= 0.6 is 0 Å². The second kappa shape index (κ2) is 7.91. The minimum absolute atomic E-state index is 0.212. The van der Waals surface area contributed by atoms with Crippen molar-refractivity contribution in [1.82, 2.24) is 15.6 Å². The number of nitrogens with one attached hydrogen (secondary N) is 3. The quantitative estimate of drug-likeness (QED) is 0.649. The summed E-state index contributed by atoms with van der Waals surface area (Å²) in [5, 5.41) is 17.6. The van der Waals surface area contributed by atoms with E-state index in [1.807, 2.05) is 31.3 Å². The molecule has 3 rings (SSSR count). The Morgan fingerprint density at radius 1 is 1.24 bits per heavy atom. The summed E-state index contributed by atoms with van der Waals surface area (Å²) < 4.78 is 0. The molecule has 1 atom stereocenters. The molecule has 0 saturated heterocycles. The fraction of sp³-hybridized carbons (Fsp3) is 0.550. The van der Waals surface area contributed by atoms with Gasteiger partial charge in [0.15, 0.2) is 0 Å². The van der Waals surface area contributed by atoms with E-state index in [-0.39, 0.29) is 11.9 Å². The molecular formula is C20H29N3O2. The second-order valence-electron chi connectivity index (χ2n) is 7.41. The van der Waals surface area contributed by atoms with Gasteiger partial charge < -0.3 is 20.7 Å². The van der Waals surface area contributed by atoms with E-state index in [1.165, 1.54) is 30.2 Å². The molecule has 1 unspecified atom stereocenters. The van der Waals surface area contributed by atoms with E-state index in [9.17, 15) is 9.90 Å². The Labute approximate surface area is 149 Å². The highest BCUT2D eigenvalue weighted by atomic mass is 16.3. The standard InChI is InChI=1S/C20H29N3O2/c1-20(25,16-7-3-2-4-8-16)14-23-19(24)21-12-11-15-13-22-18-10-6-5-9-17(15)18/h5-6,9-10,13,16,22,25H,2-4,7-8,11-12,14H2,1H3,(H2,21,23,24). The lowest BCUT2D eigenvalue weighted by molar-refractivity contribution is -0.0130. The van der Waals surface area contributed by atoms with Crippen LogP contribution in [0, 0.1) is 5.92 Å². The van der Waals surface area contributed by atoms with Crippen molar-refractivity contribution in [3.63, 3.8) is 0 Å². The number of aromatic nitrogens is 1. The normalized spacial score (nSPS) is 18.0. The number of hydrogen-bond donors (Lipinski definition) is 4. The summed E-state index contributed by atoms with van der Waals surface area (Å²) >= 11 is 0. The molecule has 0 spiro atoms. The van der Waals surface area contributed by atoms with Gasteiger partial charge in [0.2, 0.25) is 0 Å². The fourth-order valence-corrected chi connectivity index (χ4v) is 3.84. The summed E-state index contributed by atoms with van der Waals surface area (Å²) in [4.78, 5) is 15.3. The van der Waals surface area contributed by atoms with Crippen LogP contribution in [0.15, 0.2) is 30.5 Å². The summed E-state index contributed by atoms with van der Waals surface area (Å²) in [6, 6.07) is 7.95. The number of urea groups is 1. The van der Waals surface area contributed by atoms with Crippen LogP contribution < -0.4 is 10.6 Å². The average molecular weight is 343 g/mol. The first-order valence-corrected chi connectivity index (χ1v) is 9.35. The van der Waals surface area contributed by atoms with Gasteiger partial charge in [-0.05, 0) is 43.7 Å². The van der Waals surface area contributed by atoms with Crippen molar-refractivity contribution in [2.75, 3.05) is 13.1 Å². The molecule has 1 aliphatic rings. The molecule has 1 aromatic heterocycles. The van der Waals surface area contributed by atoms with E-state index in [2.05, 4.69) is 21.7 Å². The molecule has 2 aromatic rings. The first kappa shape index (κ1) is 17.8. The van der Waals surface area contributed by atoms with Gasteiger partial charge in [0.1, 0.15) is 0 Å². The monoisotopic (exact) mass is 343 g/mol. The van der Waals surface area contributed by atoms with E-state index in [0.29, 0.717) is 13.1 Å². The Hall–Kier alpha value is -2.01. The maximum Gasteiger partial charge on any atom is 0.314 e. The molecule has 0 aliphatic heterocycles. The molecule has 0 radical (unpaired) electrons. The van der Waals surface area contributed by atoms with Gasteiger partial charge in [-0.1, -0.05) is 37.5 Å². The molecule has 1 aromatic carbocycles. The van der Waals surface area contributed by atoms with Gasteiger partial charge in [0.05, 0.1) is 5.60 Å². The lowest BCUT2D eigenvalue weighted by Gasteiger charge is -2.35. The molecular weight excluding hydrogens is 314 g/mol. The Kier molecular flexibility index (Phi) is 5.63. The number of aliphatic hydroxyl groups is 1. The number of carbonyl (C=O) groups excluding carboxylic acids is 1. The van der Waals surface area contributed by atoms with Crippen LogP contribution in [0.5, 0.6) is 0 Å². The molecule has 5 heteroatoms.